The first-order valence-corrected chi connectivity index (χ1v) is 13.0. The fraction of sp³-hybridized carbons (Fsp3) is 0.552. The standard InChI is InChI=1S/C29H37N3O3/c1-19-4-6-22(7-5-19)16-32-21(3)26(20(2)31-32)8-9-28(34)35-17-27(33)30-18-29-13-23-10-24(14-29)12-25(11-23)15-29/h4-9,23-25H,10-18H2,1-3H3,(H,30,33)/b9-8+. The van der Waals surface area contributed by atoms with Gasteiger partial charge >= 0.3 is 5.97 Å². The normalized spacial score (nSPS) is 26.9. The first-order chi connectivity index (χ1) is 16.8. The smallest absolute Gasteiger partial charge is 0.331 e. The Morgan fingerprint density at radius 1 is 1.06 bits per heavy atom. The van der Waals surface area contributed by atoms with Crippen molar-refractivity contribution in [3.8, 4) is 0 Å². The fourth-order valence-electron chi connectivity index (χ4n) is 7.15. The number of rotatable bonds is 8. The molecule has 4 fully saturated rings. The van der Waals surface area contributed by atoms with Crippen LogP contribution in [0.15, 0.2) is 30.3 Å². The topological polar surface area (TPSA) is 73.2 Å². The first-order valence-electron chi connectivity index (χ1n) is 13.0. The van der Waals surface area contributed by atoms with Crippen LogP contribution in [0.1, 0.15) is 66.6 Å². The number of carbonyl (C=O) groups is 2. The van der Waals surface area contributed by atoms with E-state index in [0.717, 1.165) is 41.2 Å². The Morgan fingerprint density at radius 2 is 1.69 bits per heavy atom. The number of ether oxygens (including phenoxy) is 1. The van der Waals surface area contributed by atoms with Gasteiger partial charge in [-0.2, -0.15) is 5.10 Å². The monoisotopic (exact) mass is 475 g/mol. The van der Waals surface area contributed by atoms with E-state index in [4.69, 9.17) is 4.74 Å². The molecule has 0 atom stereocenters. The molecule has 0 aliphatic heterocycles. The lowest BCUT2D eigenvalue weighted by molar-refractivity contribution is -0.144. The summed E-state index contributed by atoms with van der Waals surface area (Å²) >= 11 is 0. The predicted molar refractivity (Wildman–Crippen MR) is 136 cm³/mol. The summed E-state index contributed by atoms with van der Waals surface area (Å²) in [4.78, 5) is 24.7. The van der Waals surface area contributed by atoms with E-state index >= 15 is 0 Å². The third kappa shape index (κ3) is 5.36. The lowest BCUT2D eigenvalue weighted by atomic mass is 9.49. The van der Waals surface area contributed by atoms with Crippen LogP contribution in [0.2, 0.25) is 0 Å². The molecule has 6 heteroatoms. The van der Waals surface area contributed by atoms with Crippen LogP contribution in [0.5, 0.6) is 0 Å². The van der Waals surface area contributed by atoms with Crippen LogP contribution >= 0.6 is 0 Å². The number of aryl methyl sites for hydroxylation is 2. The summed E-state index contributed by atoms with van der Waals surface area (Å²) in [6, 6.07) is 8.40. The van der Waals surface area contributed by atoms with Gasteiger partial charge in [-0.05, 0) is 94.1 Å². The Hall–Kier alpha value is -2.89. The molecule has 6 nitrogen and oxygen atoms in total. The predicted octanol–water partition coefficient (Wildman–Crippen LogP) is 4.75. The van der Waals surface area contributed by atoms with Gasteiger partial charge in [-0.25, -0.2) is 4.79 Å². The molecule has 6 rings (SSSR count). The number of carbonyl (C=O) groups excluding carboxylic acids is 2. The van der Waals surface area contributed by atoms with Crippen molar-refractivity contribution in [2.75, 3.05) is 13.2 Å². The maximum absolute atomic E-state index is 12.4. The highest BCUT2D eigenvalue weighted by atomic mass is 16.5. The number of esters is 1. The number of benzene rings is 1. The summed E-state index contributed by atoms with van der Waals surface area (Å²) in [6.07, 6.45) is 11.0. The van der Waals surface area contributed by atoms with Crippen LogP contribution in [-0.2, 0) is 20.9 Å². The van der Waals surface area contributed by atoms with Crippen molar-refractivity contribution in [1.82, 2.24) is 15.1 Å². The Morgan fingerprint density at radius 3 is 2.31 bits per heavy atom. The van der Waals surface area contributed by atoms with Crippen molar-refractivity contribution in [3.63, 3.8) is 0 Å². The van der Waals surface area contributed by atoms with Crippen LogP contribution in [0, 0.1) is 43.9 Å². The van der Waals surface area contributed by atoms with Gasteiger partial charge in [-0.3, -0.25) is 9.48 Å². The third-order valence-electron chi connectivity index (χ3n) is 8.45. The zero-order valence-electron chi connectivity index (χ0n) is 21.2. The van der Waals surface area contributed by atoms with Crippen molar-refractivity contribution in [1.29, 1.82) is 0 Å². The molecule has 0 spiro atoms. The van der Waals surface area contributed by atoms with E-state index in [9.17, 15) is 9.59 Å². The van der Waals surface area contributed by atoms with Crippen LogP contribution in [0.4, 0.5) is 0 Å². The van der Waals surface area contributed by atoms with Crippen molar-refractivity contribution < 1.29 is 14.3 Å². The minimum absolute atomic E-state index is 0.208. The zero-order valence-corrected chi connectivity index (χ0v) is 21.2. The molecule has 4 saturated carbocycles. The maximum Gasteiger partial charge on any atom is 0.331 e. The van der Waals surface area contributed by atoms with E-state index in [1.54, 1.807) is 6.08 Å². The first kappa shape index (κ1) is 23.8. The minimum atomic E-state index is -0.514. The van der Waals surface area contributed by atoms with Crippen LogP contribution in [-0.4, -0.2) is 34.8 Å². The molecular formula is C29H37N3O3. The van der Waals surface area contributed by atoms with Crippen molar-refractivity contribution in [3.05, 3.63) is 58.4 Å². The second-order valence-corrected chi connectivity index (χ2v) is 11.4. The molecule has 4 bridgehead atoms. The molecule has 1 heterocycles. The summed E-state index contributed by atoms with van der Waals surface area (Å²) in [7, 11) is 0. The van der Waals surface area contributed by atoms with E-state index in [2.05, 4.69) is 41.6 Å². The van der Waals surface area contributed by atoms with Crippen molar-refractivity contribution in [2.45, 2.75) is 65.8 Å². The zero-order chi connectivity index (χ0) is 24.6. The SMILES string of the molecule is Cc1ccc(Cn2nc(C)c(/C=C/C(=O)OCC(=O)NCC34CC5CC(CC(C5)C3)C4)c2C)cc1. The van der Waals surface area contributed by atoms with Gasteiger partial charge in [-0.1, -0.05) is 29.8 Å². The van der Waals surface area contributed by atoms with Gasteiger partial charge in [0.15, 0.2) is 6.61 Å². The molecular weight excluding hydrogens is 438 g/mol. The summed E-state index contributed by atoms with van der Waals surface area (Å²) in [5, 5.41) is 7.69. The average molecular weight is 476 g/mol. The van der Waals surface area contributed by atoms with Crippen molar-refractivity contribution >= 4 is 18.0 Å². The lowest BCUT2D eigenvalue weighted by Crippen LogP contribution is -2.51. The second-order valence-electron chi connectivity index (χ2n) is 11.4. The summed E-state index contributed by atoms with van der Waals surface area (Å²) < 4.78 is 7.17. The highest BCUT2D eigenvalue weighted by Crippen LogP contribution is 2.59. The molecule has 186 valence electrons. The third-order valence-corrected chi connectivity index (χ3v) is 8.45. The van der Waals surface area contributed by atoms with Gasteiger partial charge in [0.25, 0.3) is 5.91 Å². The van der Waals surface area contributed by atoms with Crippen LogP contribution in [0.25, 0.3) is 6.08 Å². The Kier molecular flexibility index (Phi) is 6.56. The fourth-order valence-corrected chi connectivity index (χ4v) is 7.15. The van der Waals surface area contributed by atoms with E-state index in [1.807, 2.05) is 18.5 Å². The average Bonchev–Trinajstić information content (AvgIpc) is 3.07. The largest absolute Gasteiger partial charge is 0.452 e. The molecule has 4 aliphatic carbocycles. The molecule has 0 unspecified atom stereocenters. The summed E-state index contributed by atoms with van der Waals surface area (Å²) in [5.41, 5.74) is 5.43. The van der Waals surface area contributed by atoms with E-state index in [0.29, 0.717) is 6.54 Å². The highest BCUT2D eigenvalue weighted by Gasteiger charge is 2.50. The van der Waals surface area contributed by atoms with Gasteiger partial charge in [0.2, 0.25) is 0 Å². The number of nitrogens with one attached hydrogen (secondary N) is 1. The summed E-state index contributed by atoms with van der Waals surface area (Å²) in [6.45, 7) is 7.16. The molecule has 1 amide bonds. The Bertz CT molecular complexity index is 1090. The maximum atomic E-state index is 12.4. The highest BCUT2D eigenvalue weighted by molar-refractivity contribution is 5.89. The second kappa shape index (κ2) is 9.63. The number of hydrogen-bond acceptors (Lipinski definition) is 4. The molecule has 4 aliphatic rings. The van der Waals surface area contributed by atoms with Gasteiger partial charge in [0.1, 0.15) is 0 Å². The molecule has 0 saturated heterocycles. The quantitative estimate of drug-likeness (QED) is 0.442. The molecule has 2 aromatic rings. The Labute approximate surface area is 208 Å². The van der Waals surface area contributed by atoms with Gasteiger partial charge in [0, 0.05) is 23.9 Å². The van der Waals surface area contributed by atoms with Crippen LogP contribution in [0.3, 0.4) is 0 Å². The molecule has 1 aromatic carbocycles. The number of hydrogen-bond donors (Lipinski definition) is 1. The van der Waals surface area contributed by atoms with Gasteiger partial charge < -0.3 is 10.1 Å². The van der Waals surface area contributed by atoms with E-state index < -0.39 is 5.97 Å². The number of nitrogens with zero attached hydrogens (tertiary/aromatic N) is 2. The van der Waals surface area contributed by atoms with Crippen LogP contribution < -0.4 is 5.32 Å². The van der Waals surface area contributed by atoms with E-state index in [1.165, 1.54) is 55.7 Å². The number of amides is 1. The van der Waals surface area contributed by atoms with Crippen molar-refractivity contribution in [2.24, 2.45) is 23.2 Å². The Balaban J connectivity index is 1.10. The molecule has 1 aromatic heterocycles. The number of aromatic nitrogens is 2. The molecule has 35 heavy (non-hydrogen) atoms. The molecule has 1 N–H and O–H groups in total. The lowest BCUT2D eigenvalue weighted by Gasteiger charge is -2.56. The minimum Gasteiger partial charge on any atom is -0.452 e. The van der Waals surface area contributed by atoms with Gasteiger partial charge in [-0.15, -0.1) is 0 Å². The van der Waals surface area contributed by atoms with Gasteiger partial charge in [0.05, 0.1) is 12.2 Å². The van der Waals surface area contributed by atoms with E-state index in [-0.39, 0.29) is 17.9 Å². The summed E-state index contributed by atoms with van der Waals surface area (Å²) in [5.74, 6) is 1.85. The molecule has 0 radical (unpaired) electrons.